The number of nitrogens with one attached hydrogen (secondary N) is 1. The summed E-state index contributed by atoms with van der Waals surface area (Å²) in [6, 6.07) is 0. The van der Waals surface area contributed by atoms with Gasteiger partial charge in [-0.3, -0.25) is 4.79 Å². The van der Waals surface area contributed by atoms with E-state index in [-0.39, 0.29) is 5.41 Å². The second kappa shape index (κ2) is 5.57. The molecule has 1 saturated heterocycles. The zero-order chi connectivity index (χ0) is 13.2. The number of likely N-dealkylation sites (tertiary alicyclic amines) is 1. The average Bonchev–Trinajstić information content (AvgIpc) is 2.68. The van der Waals surface area contributed by atoms with E-state index in [4.69, 9.17) is 0 Å². The van der Waals surface area contributed by atoms with Gasteiger partial charge in [0.05, 0.1) is 5.41 Å². The molecule has 1 aliphatic carbocycles. The Morgan fingerprint density at radius 1 is 1.50 bits per heavy atom. The smallest absolute Gasteiger partial charge is 0.229 e. The summed E-state index contributed by atoms with van der Waals surface area (Å²) in [6.07, 6.45) is 4.55. The number of hydrogen-bond donors (Lipinski definition) is 1. The number of nitrogens with zero attached hydrogens (tertiary/aromatic N) is 2. The highest BCUT2D eigenvalue weighted by atomic mass is 16.2. The quantitative estimate of drug-likeness (QED) is 0.787. The normalized spacial score (nSPS) is 26.9. The first-order valence-corrected chi connectivity index (χ1v) is 7.16. The molecule has 0 aromatic carbocycles. The van der Waals surface area contributed by atoms with Crippen LogP contribution in [0.1, 0.15) is 25.7 Å². The third kappa shape index (κ3) is 2.69. The highest BCUT2D eigenvalue weighted by Gasteiger charge is 2.45. The van der Waals surface area contributed by atoms with Crippen LogP contribution >= 0.6 is 0 Å². The van der Waals surface area contributed by atoms with Crippen molar-refractivity contribution in [3.63, 3.8) is 0 Å². The molecule has 1 aliphatic heterocycles. The van der Waals surface area contributed by atoms with E-state index in [0.717, 1.165) is 32.5 Å². The van der Waals surface area contributed by atoms with E-state index in [1.165, 1.54) is 19.4 Å². The lowest BCUT2D eigenvalue weighted by Crippen LogP contribution is -2.52. The summed E-state index contributed by atoms with van der Waals surface area (Å²) in [7, 11) is 6.09. The van der Waals surface area contributed by atoms with Gasteiger partial charge in [-0.25, -0.2) is 0 Å². The van der Waals surface area contributed by atoms with Gasteiger partial charge in [0.2, 0.25) is 5.91 Å². The van der Waals surface area contributed by atoms with Gasteiger partial charge in [0.1, 0.15) is 0 Å². The van der Waals surface area contributed by atoms with E-state index in [2.05, 4.69) is 17.3 Å². The standard InChI is InChI=1S/C14H27N3O/c1-15-11-14(6-4-7-14)13(18)17(3)10-12-5-8-16(2)9-12/h12,15H,4-11H2,1-3H3. The summed E-state index contributed by atoms with van der Waals surface area (Å²) >= 11 is 0. The van der Waals surface area contributed by atoms with Crippen molar-refractivity contribution >= 4 is 5.91 Å². The monoisotopic (exact) mass is 253 g/mol. The van der Waals surface area contributed by atoms with Gasteiger partial charge < -0.3 is 15.1 Å². The van der Waals surface area contributed by atoms with Crippen LogP contribution in [0.5, 0.6) is 0 Å². The fourth-order valence-electron chi connectivity index (χ4n) is 3.46. The molecule has 1 N–H and O–H groups in total. The van der Waals surface area contributed by atoms with E-state index >= 15 is 0 Å². The van der Waals surface area contributed by atoms with Crippen molar-refractivity contribution in [3.05, 3.63) is 0 Å². The van der Waals surface area contributed by atoms with Crippen LogP contribution in [0.2, 0.25) is 0 Å². The highest BCUT2D eigenvalue weighted by Crippen LogP contribution is 2.41. The molecule has 0 aromatic heterocycles. The van der Waals surface area contributed by atoms with E-state index in [1.807, 2.05) is 19.0 Å². The Hall–Kier alpha value is -0.610. The number of carbonyl (C=O) groups is 1. The van der Waals surface area contributed by atoms with E-state index in [0.29, 0.717) is 11.8 Å². The number of carbonyl (C=O) groups excluding carboxylic acids is 1. The molecule has 1 saturated carbocycles. The molecule has 4 heteroatoms. The van der Waals surface area contributed by atoms with Crippen LogP contribution in [0.4, 0.5) is 0 Å². The first kappa shape index (κ1) is 13.8. The van der Waals surface area contributed by atoms with Crippen molar-refractivity contribution in [3.8, 4) is 0 Å². The van der Waals surface area contributed by atoms with Gasteiger partial charge in [0.25, 0.3) is 0 Å². The summed E-state index contributed by atoms with van der Waals surface area (Å²) in [5, 5.41) is 3.19. The highest BCUT2D eigenvalue weighted by molar-refractivity contribution is 5.83. The van der Waals surface area contributed by atoms with Gasteiger partial charge in [-0.1, -0.05) is 6.42 Å². The number of amides is 1. The largest absolute Gasteiger partial charge is 0.345 e. The maximum absolute atomic E-state index is 12.6. The Bertz CT molecular complexity index is 301. The average molecular weight is 253 g/mol. The Kier molecular flexibility index (Phi) is 4.28. The summed E-state index contributed by atoms with van der Waals surface area (Å²) in [4.78, 5) is 16.9. The van der Waals surface area contributed by atoms with Crippen LogP contribution in [-0.2, 0) is 4.79 Å². The summed E-state index contributed by atoms with van der Waals surface area (Å²) in [6.45, 7) is 4.07. The zero-order valence-electron chi connectivity index (χ0n) is 12.0. The van der Waals surface area contributed by atoms with Gasteiger partial charge in [0, 0.05) is 26.7 Å². The Morgan fingerprint density at radius 2 is 2.22 bits per heavy atom. The molecule has 2 fully saturated rings. The lowest BCUT2D eigenvalue weighted by Gasteiger charge is -2.43. The second-order valence-corrected chi connectivity index (χ2v) is 6.27. The fraction of sp³-hybridized carbons (Fsp3) is 0.929. The molecule has 18 heavy (non-hydrogen) atoms. The molecule has 0 radical (unpaired) electrons. The van der Waals surface area contributed by atoms with E-state index in [1.54, 1.807) is 0 Å². The predicted octanol–water partition coefficient (Wildman–Crippen LogP) is 0.786. The molecule has 1 unspecified atom stereocenters. The van der Waals surface area contributed by atoms with Crippen molar-refractivity contribution in [2.75, 3.05) is 47.3 Å². The topological polar surface area (TPSA) is 35.6 Å². The minimum Gasteiger partial charge on any atom is -0.345 e. The Balaban J connectivity index is 1.87. The minimum absolute atomic E-state index is 0.0893. The molecular weight excluding hydrogens is 226 g/mol. The van der Waals surface area contributed by atoms with E-state index in [9.17, 15) is 4.79 Å². The van der Waals surface area contributed by atoms with Crippen molar-refractivity contribution < 1.29 is 4.79 Å². The third-order valence-electron chi connectivity index (χ3n) is 4.65. The SMILES string of the molecule is CNCC1(C(=O)N(C)CC2CCN(C)C2)CCC1. The fourth-order valence-corrected chi connectivity index (χ4v) is 3.46. The lowest BCUT2D eigenvalue weighted by molar-refractivity contribution is -0.146. The van der Waals surface area contributed by atoms with Crippen LogP contribution in [0.3, 0.4) is 0 Å². The van der Waals surface area contributed by atoms with Crippen molar-refractivity contribution in [2.24, 2.45) is 11.3 Å². The van der Waals surface area contributed by atoms with Gasteiger partial charge in [-0.2, -0.15) is 0 Å². The van der Waals surface area contributed by atoms with Crippen LogP contribution in [0.15, 0.2) is 0 Å². The molecule has 1 heterocycles. The maximum Gasteiger partial charge on any atom is 0.229 e. The predicted molar refractivity (Wildman–Crippen MR) is 73.5 cm³/mol. The summed E-state index contributed by atoms with van der Waals surface area (Å²) in [5.74, 6) is 1.02. The van der Waals surface area contributed by atoms with Crippen LogP contribution in [0.25, 0.3) is 0 Å². The molecule has 0 aromatic rings. The van der Waals surface area contributed by atoms with Crippen LogP contribution in [0, 0.1) is 11.3 Å². The van der Waals surface area contributed by atoms with Gasteiger partial charge in [-0.15, -0.1) is 0 Å². The molecule has 0 spiro atoms. The molecule has 2 aliphatic rings. The third-order valence-corrected chi connectivity index (χ3v) is 4.65. The molecule has 104 valence electrons. The Labute approximate surface area is 111 Å². The maximum atomic E-state index is 12.6. The van der Waals surface area contributed by atoms with Crippen molar-refractivity contribution in [2.45, 2.75) is 25.7 Å². The van der Waals surface area contributed by atoms with Crippen molar-refractivity contribution in [1.82, 2.24) is 15.1 Å². The van der Waals surface area contributed by atoms with Crippen LogP contribution < -0.4 is 5.32 Å². The minimum atomic E-state index is -0.0893. The van der Waals surface area contributed by atoms with Gasteiger partial charge >= 0.3 is 0 Å². The summed E-state index contributed by atoms with van der Waals surface area (Å²) < 4.78 is 0. The Morgan fingerprint density at radius 3 is 2.67 bits per heavy atom. The number of hydrogen-bond acceptors (Lipinski definition) is 3. The van der Waals surface area contributed by atoms with Gasteiger partial charge in [-0.05, 0) is 45.8 Å². The molecule has 2 rings (SSSR count). The molecule has 1 atom stereocenters. The van der Waals surface area contributed by atoms with E-state index < -0.39 is 0 Å². The number of rotatable bonds is 5. The first-order chi connectivity index (χ1) is 8.57. The second-order valence-electron chi connectivity index (χ2n) is 6.27. The van der Waals surface area contributed by atoms with Crippen molar-refractivity contribution in [1.29, 1.82) is 0 Å². The molecule has 4 nitrogen and oxygen atoms in total. The molecule has 0 bridgehead atoms. The molecular formula is C14H27N3O. The lowest BCUT2D eigenvalue weighted by atomic mass is 9.67. The van der Waals surface area contributed by atoms with Gasteiger partial charge in [0.15, 0.2) is 0 Å². The zero-order valence-corrected chi connectivity index (χ0v) is 12.0. The molecule has 1 amide bonds. The van der Waals surface area contributed by atoms with Crippen LogP contribution in [-0.4, -0.2) is 63.0 Å². The first-order valence-electron chi connectivity index (χ1n) is 7.16. The summed E-state index contributed by atoms with van der Waals surface area (Å²) in [5.41, 5.74) is -0.0893.